The third-order valence-electron chi connectivity index (χ3n) is 3.01. The number of hydrogen-bond acceptors (Lipinski definition) is 4. The summed E-state index contributed by atoms with van der Waals surface area (Å²) in [7, 11) is -3.64. The summed E-state index contributed by atoms with van der Waals surface area (Å²) in [5, 5.41) is 9.93. The monoisotopic (exact) mass is 290 g/mol. The summed E-state index contributed by atoms with van der Waals surface area (Å²) in [5.41, 5.74) is 0. The Morgan fingerprint density at radius 2 is 2.00 bits per heavy atom. The zero-order chi connectivity index (χ0) is 14.8. The highest BCUT2D eigenvalue weighted by atomic mass is 32.2. The largest absolute Gasteiger partial charge is 0.480 e. The Bertz CT molecular complexity index is 485. The molecular weight excluding hydrogens is 272 g/mol. The van der Waals surface area contributed by atoms with Gasteiger partial charge in [0.2, 0.25) is 15.9 Å². The van der Waals surface area contributed by atoms with Crippen LogP contribution >= 0.6 is 0 Å². The van der Waals surface area contributed by atoms with E-state index in [1.807, 2.05) is 0 Å². The minimum atomic E-state index is -3.64. The van der Waals surface area contributed by atoms with Gasteiger partial charge in [-0.3, -0.25) is 4.79 Å². The molecule has 7 nitrogen and oxygen atoms in total. The zero-order valence-corrected chi connectivity index (χ0v) is 11.8. The molecule has 8 heteroatoms. The van der Waals surface area contributed by atoms with Gasteiger partial charge < -0.3 is 10.0 Å². The van der Waals surface area contributed by atoms with E-state index in [9.17, 15) is 18.0 Å². The number of sulfonamides is 1. The highest BCUT2D eigenvalue weighted by Gasteiger charge is 2.37. The molecule has 1 atom stereocenters. The fourth-order valence-corrected chi connectivity index (χ4v) is 2.90. The molecule has 1 unspecified atom stereocenters. The lowest BCUT2D eigenvalue weighted by Crippen LogP contribution is -2.58. The van der Waals surface area contributed by atoms with E-state index in [-0.39, 0.29) is 25.6 Å². The van der Waals surface area contributed by atoms with Crippen molar-refractivity contribution in [2.45, 2.75) is 19.9 Å². The van der Waals surface area contributed by atoms with Crippen molar-refractivity contribution >= 4 is 21.9 Å². The second-order valence-electron chi connectivity index (χ2n) is 4.66. The smallest absolute Gasteiger partial charge is 0.326 e. The van der Waals surface area contributed by atoms with Crippen LogP contribution in [-0.2, 0) is 19.6 Å². The van der Waals surface area contributed by atoms with Crippen molar-refractivity contribution in [3.63, 3.8) is 0 Å². The highest BCUT2D eigenvalue weighted by molar-refractivity contribution is 7.92. The van der Waals surface area contributed by atoms with E-state index in [1.54, 1.807) is 13.8 Å². The molecule has 19 heavy (non-hydrogen) atoms. The predicted octanol–water partition coefficient (Wildman–Crippen LogP) is -0.287. The number of amides is 1. The summed E-state index contributed by atoms with van der Waals surface area (Å²) >= 11 is 0. The Labute approximate surface area is 112 Å². The number of carbonyl (C=O) groups excluding carboxylic acids is 1. The van der Waals surface area contributed by atoms with Crippen LogP contribution in [0, 0.1) is 5.92 Å². The molecule has 0 saturated carbocycles. The van der Waals surface area contributed by atoms with Gasteiger partial charge in [-0.15, -0.1) is 0 Å². The summed E-state index contributed by atoms with van der Waals surface area (Å²) in [5.74, 6) is -1.83. The molecule has 0 spiro atoms. The molecule has 1 aliphatic rings. The van der Waals surface area contributed by atoms with Crippen molar-refractivity contribution in [1.29, 1.82) is 0 Å². The van der Waals surface area contributed by atoms with E-state index in [4.69, 9.17) is 5.11 Å². The van der Waals surface area contributed by atoms with E-state index in [0.29, 0.717) is 0 Å². The average molecular weight is 290 g/mol. The molecule has 108 valence electrons. The quantitative estimate of drug-likeness (QED) is 0.751. The van der Waals surface area contributed by atoms with Crippen molar-refractivity contribution in [2.75, 3.05) is 19.6 Å². The van der Waals surface area contributed by atoms with Crippen LogP contribution in [0.3, 0.4) is 0 Å². The Hall–Kier alpha value is -1.41. The van der Waals surface area contributed by atoms with Gasteiger partial charge in [-0.05, 0) is 5.92 Å². The second-order valence-corrected chi connectivity index (χ2v) is 6.54. The Kier molecular flexibility index (Phi) is 4.70. The Morgan fingerprint density at radius 1 is 1.42 bits per heavy atom. The van der Waals surface area contributed by atoms with Crippen molar-refractivity contribution in [3.05, 3.63) is 12.0 Å². The molecule has 1 saturated heterocycles. The lowest BCUT2D eigenvalue weighted by atomic mass is 10.0. The fraction of sp³-hybridized carbons (Fsp3) is 0.636. The Balaban J connectivity index is 2.88. The molecule has 1 aliphatic heterocycles. The molecule has 1 amide bonds. The van der Waals surface area contributed by atoms with Gasteiger partial charge in [0.25, 0.3) is 0 Å². The van der Waals surface area contributed by atoms with Crippen LogP contribution < -0.4 is 0 Å². The maximum atomic E-state index is 11.9. The van der Waals surface area contributed by atoms with Crippen LogP contribution in [-0.4, -0.2) is 60.3 Å². The van der Waals surface area contributed by atoms with E-state index in [1.165, 1.54) is 4.90 Å². The van der Waals surface area contributed by atoms with Gasteiger partial charge >= 0.3 is 5.97 Å². The summed E-state index contributed by atoms with van der Waals surface area (Å²) in [6.45, 7) is 6.42. The molecule has 1 fully saturated rings. The minimum absolute atomic E-state index is 0.0705. The molecule has 0 aromatic carbocycles. The van der Waals surface area contributed by atoms with Gasteiger partial charge in [-0.25, -0.2) is 13.2 Å². The maximum Gasteiger partial charge on any atom is 0.326 e. The molecule has 1 rings (SSSR count). The number of aliphatic carboxylic acids is 1. The van der Waals surface area contributed by atoms with Crippen LogP contribution in [0.4, 0.5) is 0 Å². The number of hydrogen-bond donors (Lipinski definition) is 1. The van der Waals surface area contributed by atoms with Crippen LogP contribution in [0.2, 0.25) is 0 Å². The third-order valence-corrected chi connectivity index (χ3v) is 4.47. The van der Waals surface area contributed by atoms with E-state index >= 15 is 0 Å². The minimum Gasteiger partial charge on any atom is -0.480 e. The third kappa shape index (κ3) is 3.32. The lowest BCUT2D eigenvalue weighted by Gasteiger charge is -2.37. The van der Waals surface area contributed by atoms with Crippen LogP contribution in [0.1, 0.15) is 13.8 Å². The fourth-order valence-electron chi connectivity index (χ4n) is 2.06. The topological polar surface area (TPSA) is 95.0 Å². The second kappa shape index (κ2) is 5.70. The van der Waals surface area contributed by atoms with Crippen LogP contribution in [0.25, 0.3) is 0 Å². The molecule has 0 aliphatic carbocycles. The average Bonchev–Trinajstić information content (AvgIpc) is 2.30. The van der Waals surface area contributed by atoms with Gasteiger partial charge in [0.15, 0.2) is 0 Å². The Morgan fingerprint density at radius 3 is 2.37 bits per heavy atom. The first-order valence-corrected chi connectivity index (χ1v) is 7.36. The summed E-state index contributed by atoms with van der Waals surface area (Å²) in [6.07, 6.45) is 0. The van der Waals surface area contributed by atoms with Crippen molar-refractivity contribution in [1.82, 2.24) is 9.21 Å². The van der Waals surface area contributed by atoms with Gasteiger partial charge in [-0.1, -0.05) is 20.4 Å². The van der Waals surface area contributed by atoms with Crippen molar-refractivity contribution < 1.29 is 23.1 Å². The maximum absolute atomic E-state index is 11.9. The van der Waals surface area contributed by atoms with E-state index < -0.39 is 27.9 Å². The number of piperazine rings is 1. The standard InChI is InChI=1S/C11H18N2O5S/c1-4-19(17,18)12-5-6-13(9(14)7-12)10(8(2)3)11(15)16/h4,8,10H,1,5-7H2,2-3H3,(H,15,16). The molecule has 0 aromatic heterocycles. The normalized spacial score (nSPS) is 19.5. The molecule has 0 bridgehead atoms. The van der Waals surface area contributed by atoms with E-state index in [2.05, 4.69) is 6.58 Å². The SMILES string of the molecule is C=CS(=O)(=O)N1CCN(C(C(=O)O)C(C)C)C(=O)C1. The first-order chi connectivity index (χ1) is 8.70. The zero-order valence-electron chi connectivity index (χ0n) is 10.9. The molecule has 1 heterocycles. The van der Waals surface area contributed by atoms with Gasteiger partial charge in [0, 0.05) is 18.5 Å². The number of carbonyl (C=O) groups is 2. The summed E-state index contributed by atoms with van der Waals surface area (Å²) in [6, 6.07) is -0.930. The van der Waals surface area contributed by atoms with Crippen molar-refractivity contribution in [2.24, 2.45) is 5.92 Å². The molecule has 0 aromatic rings. The van der Waals surface area contributed by atoms with Gasteiger partial charge in [0.05, 0.1) is 6.54 Å². The van der Waals surface area contributed by atoms with Gasteiger partial charge in [0.1, 0.15) is 6.04 Å². The number of rotatable bonds is 5. The first-order valence-electron chi connectivity index (χ1n) is 5.85. The predicted molar refractivity (Wildman–Crippen MR) is 68.7 cm³/mol. The number of nitrogens with zero attached hydrogens (tertiary/aromatic N) is 2. The van der Waals surface area contributed by atoms with Crippen molar-refractivity contribution in [3.8, 4) is 0 Å². The number of carboxylic acids is 1. The molecular formula is C11H18N2O5S. The summed E-state index contributed by atoms with van der Waals surface area (Å²) in [4.78, 5) is 24.3. The van der Waals surface area contributed by atoms with E-state index in [0.717, 1.165) is 9.71 Å². The molecule has 1 N–H and O–H groups in total. The molecule has 0 radical (unpaired) electrons. The number of carboxylic acid groups (broad SMARTS) is 1. The lowest BCUT2D eigenvalue weighted by molar-refractivity contribution is -0.154. The highest BCUT2D eigenvalue weighted by Crippen LogP contribution is 2.17. The van der Waals surface area contributed by atoms with Crippen LogP contribution in [0.15, 0.2) is 12.0 Å². The van der Waals surface area contributed by atoms with Crippen LogP contribution in [0.5, 0.6) is 0 Å². The first kappa shape index (κ1) is 15.6. The summed E-state index contributed by atoms with van der Waals surface area (Å²) < 4.78 is 24.1. The van der Waals surface area contributed by atoms with Gasteiger partial charge in [-0.2, -0.15) is 4.31 Å².